The van der Waals surface area contributed by atoms with E-state index >= 15 is 0 Å². The van der Waals surface area contributed by atoms with E-state index in [1.54, 1.807) is 0 Å². The van der Waals surface area contributed by atoms with Crippen molar-refractivity contribution in [3.05, 3.63) is 36.5 Å². The molecular weight excluding hydrogens is 833 g/mol. The van der Waals surface area contributed by atoms with Crippen LogP contribution in [0.5, 0.6) is 0 Å². The van der Waals surface area contributed by atoms with Crippen LogP contribution in [0.4, 0.5) is 0 Å². The Morgan fingerprint density at radius 3 is 0.574 bits per heavy atom. The fourth-order valence-electron chi connectivity index (χ4n) is 7.04. The van der Waals surface area contributed by atoms with Crippen LogP contribution in [0.3, 0.4) is 0 Å². The van der Waals surface area contributed by atoms with E-state index in [9.17, 15) is 14.4 Å². The normalized spacial score (nSPS) is 11.1. The number of carboxylic acid groups (broad SMARTS) is 3. The van der Waals surface area contributed by atoms with Gasteiger partial charge in [-0.2, -0.15) is 0 Å². The maximum atomic E-state index is 10.3. The number of rotatable bonds is 45. The Bertz CT molecular complexity index is 827. The first kappa shape index (κ1) is 66.3. The molecule has 0 saturated heterocycles. The monoisotopic (exact) mass is 936 g/mol. The van der Waals surface area contributed by atoms with Crippen LogP contribution in [-0.2, 0) is 47.1 Å². The number of carbonyl (C=O) groups is 3. The van der Waals surface area contributed by atoms with Gasteiger partial charge in [0.15, 0.2) is 0 Å². The summed E-state index contributed by atoms with van der Waals surface area (Å²) in [5.74, 6) is -1.99. The topological polar surface area (TPSA) is 112 Å². The molecule has 0 aromatic heterocycles. The molecule has 0 aliphatic rings. The van der Waals surface area contributed by atoms with E-state index in [1.807, 2.05) is 0 Å². The second-order valence-corrected chi connectivity index (χ2v) is 17.2. The summed E-state index contributed by atoms with van der Waals surface area (Å²) in [7, 11) is 0. The molecule has 0 spiro atoms. The molecular formula is C54H102O6Y. The third kappa shape index (κ3) is 76.4. The van der Waals surface area contributed by atoms with Crippen LogP contribution in [0.1, 0.15) is 290 Å². The fraction of sp³-hybridized carbons (Fsp3) is 0.833. The summed E-state index contributed by atoms with van der Waals surface area (Å²) >= 11 is 0. The molecule has 0 unspecified atom stereocenters. The van der Waals surface area contributed by atoms with E-state index in [1.165, 1.54) is 212 Å². The molecule has 0 amide bonds. The van der Waals surface area contributed by atoms with E-state index in [-0.39, 0.29) is 32.7 Å². The summed E-state index contributed by atoms with van der Waals surface area (Å²) < 4.78 is 0. The van der Waals surface area contributed by atoms with Crippen LogP contribution < -0.4 is 0 Å². The molecule has 0 fully saturated rings. The maximum Gasteiger partial charge on any atom is 0.303 e. The summed E-state index contributed by atoms with van der Waals surface area (Å²) in [5.41, 5.74) is 0. The molecule has 0 aliphatic carbocycles. The molecule has 1 radical (unpaired) electrons. The van der Waals surface area contributed by atoms with Gasteiger partial charge in [0.05, 0.1) is 0 Å². The molecule has 61 heavy (non-hydrogen) atoms. The van der Waals surface area contributed by atoms with Crippen LogP contribution >= 0.6 is 0 Å². The van der Waals surface area contributed by atoms with E-state index < -0.39 is 17.9 Å². The van der Waals surface area contributed by atoms with E-state index in [0.29, 0.717) is 19.3 Å². The minimum atomic E-state index is -0.664. The molecule has 6 nitrogen and oxygen atoms in total. The van der Waals surface area contributed by atoms with Crippen molar-refractivity contribution in [3.8, 4) is 0 Å². The molecule has 3 N–H and O–H groups in total. The average molecular weight is 936 g/mol. The van der Waals surface area contributed by atoms with Crippen molar-refractivity contribution < 1.29 is 62.4 Å². The van der Waals surface area contributed by atoms with E-state index in [0.717, 1.165) is 38.5 Å². The van der Waals surface area contributed by atoms with Crippen molar-refractivity contribution in [1.82, 2.24) is 0 Å². The SMILES string of the molecule is CCCCCCCC/C=C\CCCCCCCC(=O)O.CCCCCCCC/C=C\CCCCCCCC(=O)O.CCCCCCCC/C=C\CCCCCCCC(=O)O.[Y]. The third-order valence-corrected chi connectivity index (χ3v) is 11.0. The molecule has 0 bridgehead atoms. The molecule has 357 valence electrons. The molecule has 0 aromatic carbocycles. The predicted octanol–water partition coefficient (Wildman–Crippen LogP) is 18.3. The quantitative estimate of drug-likeness (QED) is 0.0414. The van der Waals surface area contributed by atoms with Gasteiger partial charge in [-0.25, -0.2) is 0 Å². The zero-order chi connectivity index (χ0) is 44.7. The van der Waals surface area contributed by atoms with Gasteiger partial charge in [-0.1, -0.05) is 211 Å². The predicted molar refractivity (Wildman–Crippen MR) is 261 cm³/mol. The van der Waals surface area contributed by atoms with Crippen molar-refractivity contribution in [3.63, 3.8) is 0 Å². The van der Waals surface area contributed by atoms with Gasteiger partial charge in [-0.15, -0.1) is 0 Å². The van der Waals surface area contributed by atoms with Gasteiger partial charge < -0.3 is 15.3 Å². The average Bonchev–Trinajstić information content (AvgIpc) is 3.22. The standard InChI is InChI=1S/3C18H34O2.Y/c3*1-2-3-4-5-6-7-8-9-10-11-12-13-14-15-16-17-18(19)20;/h3*9-10H,2-8,11-17H2,1H3,(H,19,20);/b3*10-9-;. The number of hydrogen-bond acceptors (Lipinski definition) is 3. The first-order chi connectivity index (χ1) is 29.3. The van der Waals surface area contributed by atoms with Crippen LogP contribution in [0.2, 0.25) is 0 Å². The number of aliphatic carboxylic acids is 3. The molecule has 0 heterocycles. The van der Waals surface area contributed by atoms with Gasteiger partial charge in [0.1, 0.15) is 0 Å². The Labute approximate surface area is 404 Å². The van der Waals surface area contributed by atoms with Crippen molar-refractivity contribution >= 4 is 17.9 Å². The molecule has 0 aromatic rings. The number of allylic oxidation sites excluding steroid dienone is 6. The second kappa shape index (κ2) is 63.0. The third-order valence-electron chi connectivity index (χ3n) is 11.0. The summed E-state index contributed by atoms with van der Waals surface area (Å²) in [6.45, 7) is 6.78. The Kier molecular flexibility index (Phi) is 68.5. The maximum absolute atomic E-state index is 10.3. The van der Waals surface area contributed by atoms with Gasteiger partial charge >= 0.3 is 17.9 Å². The molecule has 0 saturated carbocycles. The minimum Gasteiger partial charge on any atom is -0.481 e. The van der Waals surface area contributed by atoms with Crippen molar-refractivity contribution in [2.75, 3.05) is 0 Å². The summed E-state index contributed by atoms with van der Waals surface area (Å²) in [6, 6.07) is 0. The molecule has 7 heteroatoms. The largest absolute Gasteiger partial charge is 0.481 e. The number of unbranched alkanes of at least 4 members (excludes halogenated alkanes) is 33. The number of hydrogen-bond donors (Lipinski definition) is 3. The summed E-state index contributed by atoms with van der Waals surface area (Å²) in [4.78, 5) is 31.0. The first-order valence-corrected chi connectivity index (χ1v) is 25.9. The van der Waals surface area contributed by atoms with Gasteiger partial charge in [-0.3, -0.25) is 14.4 Å². The number of carboxylic acids is 3. The minimum absolute atomic E-state index is 0. The van der Waals surface area contributed by atoms with Crippen LogP contribution in [0, 0.1) is 0 Å². The van der Waals surface area contributed by atoms with Gasteiger partial charge in [-0.05, 0) is 96.3 Å². The van der Waals surface area contributed by atoms with Gasteiger partial charge in [0, 0.05) is 52.0 Å². The molecule has 0 atom stereocenters. The van der Waals surface area contributed by atoms with Gasteiger partial charge in [0.2, 0.25) is 0 Å². The molecule has 0 rings (SSSR count). The summed E-state index contributed by atoms with van der Waals surface area (Å²) in [5, 5.41) is 25.5. The fourth-order valence-corrected chi connectivity index (χ4v) is 7.04. The Balaban J connectivity index is -0.000000396. The van der Waals surface area contributed by atoms with Crippen molar-refractivity contribution in [2.45, 2.75) is 290 Å². The van der Waals surface area contributed by atoms with Crippen molar-refractivity contribution in [1.29, 1.82) is 0 Å². The Morgan fingerprint density at radius 1 is 0.262 bits per heavy atom. The van der Waals surface area contributed by atoms with E-state index in [2.05, 4.69) is 57.2 Å². The van der Waals surface area contributed by atoms with Crippen molar-refractivity contribution in [2.24, 2.45) is 0 Å². The first-order valence-electron chi connectivity index (χ1n) is 25.9. The zero-order valence-corrected chi connectivity index (χ0v) is 43.6. The van der Waals surface area contributed by atoms with Gasteiger partial charge in [0.25, 0.3) is 0 Å². The van der Waals surface area contributed by atoms with Crippen LogP contribution in [-0.4, -0.2) is 33.2 Å². The molecule has 0 aliphatic heterocycles. The summed E-state index contributed by atoms with van der Waals surface area (Å²) in [6.07, 6.45) is 63.7. The van der Waals surface area contributed by atoms with Crippen LogP contribution in [0.15, 0.2) is 36.5 Å². The Morgan fingerprint density at radius 2 is 0.410 bits per heavy atom. The van der Waals surface area contributed by atoms with Crippen LogP contribution in [0.25, 0.3) is 0 Å². The zero-order valence-electron chi connectivity index (χ0n) is 40.8. The second-order valence-electron chi connectivity index (χ2n) is 17.2. The smallest absolute Gasteiger partial charge is 0.303 e. The van der Waals surface area contributed by atoms with E-state index in [4.69, 9.17) is 15.3 Å². The Hall–Kier alpha value is -1.27.